The Morgan fingerprint density at radius 3 is 3.19 bits per heavy atom. The molecule has 1 N–H and O–H groups in total. The van der Waals surface area contributed by atoms with Crippen LogP contribution >= 0.6 is 0 Å². The molecule has 2 heteroatoms. The average molecular weight is 219 g/mol. The first-order chi connectivity index (χ1) is 7.83. The largest absolute Gasteiger partial charge is 0.392 e. The fourth-order valence-electron chi connectivity index (χ4n) is 2.62. The van der Waals surface area contributed by atoms with E-state index in [4.69, 9.17) is 0 Å². The monoisotopic (exact) mass is 219 g/mol. The van der Waals surface area contributed by atoms with Crippen molar-refractivity contribution >= 4 is 0 Å². The number of hydrogen-bond donors (Lipinski definition) is 1. The summed E-state index contributed by atoms with van der Waals surface area (Å²) in [5, 5.41) is 10.2. The van der Waals surface area contributed by atoms with E-state index in [2.05, 4.69) is 18.0 Å². The summed E-state index contributed by atoms with van der Waals surface area (Å²) in [6.07, 6.45) is 8.30. The summed E-state index contributed by atoms with van der Waals surface area (Å²) in [4.78, 5) is 4.43. The molecule has 0 bridgehead atoms. The van der Waals surface area contributed by atoms with Gasteiger partial charge in [0.15, 0.2) is 0 Å². The Hall–Kier alpha value is -0.890. The van der Waals surface area contributed by atoms with Gasteiger partial charge in [-0.15, -0.1) is 0 Å². The molecule has 0 aromatic carbocycles. The lowest BCUT2D eigenvalue weighted by atomic mass is 9.95. The first kappa shape index (κ1) is 11.6. The fraction of sp³-hybridized carbons (Fsp3) is 0.643. The first-order valence-corrected chi connectivity index (χ1v) is 6.44. The number of hydrogen-bond acceptors (Lipinski definition) is 2. The molecule has 0 radical (unpaired) electrons. The molecule has 0 spiro atoms. The Morgan fingerprint density at radius 1 is 1.50 bits per heavy atom. The van der Waals surface area contributed by atoms with Crippen molar-refractivity contribution in [3.05, 3.63) is 29.6 Å². The van der Waals surface area contributed by atoms with Gasteiger partial charge in [0.05, 0.1) is 6.10 Å². The van der Waals surface area contributed by atoms with Gasteiger partial charge in [0.25, 0.3) is 0 Å². The lowest BCUT2D eigenvalue weighted by Gasteiger charge is -2.18. The standard InChI is InChI=1S/C14H21NO/c1-2-3-4-7-13(16)12-9-8-11-6-5-10-15-14(11)12/h5-6,10,12-13,16H,2-4,7-9H2,1H3. The van der Waals surface area contributed by atoms with Gasteiger partial charge in [-0.2, -0.15) is 0 Å². The van der Waals surface area contributed by atoms with Crippen LogP contribution in [-0.2, 0) is 6.42 Å². The van der Waals surface area contributed by atoms with Gasteiger partial charge in [0.1, 0.15) is 0 Å². The number of nitrogens with zero attached hydrogens (tertiary/aromatic N) is 1. The lowest BCUT2D eigenvalue weighted by molar-refractivity contribution is 0.128. The van der Waals surface area contributed by atoms with Crippen LogP contribution in [0, 0.1) is 0 Å². The number of aliphatic hydroxyl groups is 1. The SMILES string of the molecule is CCCCCC(O)C1CCc2cccnc21. The Kier molecular flexibility index (Phi) is 3.94. The highest BCUT2D eigenvalue weighted by atomic mass is 16.3. The molecule has 2 nitrogen and oxygen atoms in total. The highest BCUT2D eigenvalue weighted by Crippen LogP contribution is 2.35. The van der Waals surface area contributed by atoms with Crippen LogP contribution in [0.25, 0.3) is 0 Å². The van der Waals surface area contributed by atoms with E-state index in [1.54, 1.807) is 0 Å². The molecule has 2 rings (SSSR count). The molecule has 1 heterocycles. The molecule has 0 amide bonds. The molecule has 0 saturated carbocycles. The predicted octanol–water partition coefficient (Wildman–Crippen LogP) is 3.05. The topological polar surface area (TPSA) is 33.1 Å². The van der Waals surface area contributed by atoms with Crippen molar-refractivity contribution < 1.29 is 5.11 Å². The van der Waals surface area contributed by atoms with E-state index >= 15 is 0 Å². The van der Waals surface area contributed by atoms with Gasteiger partial charge >= 0.3 is 0 Å². The highest BCUT2D eigenvalue weighted by Gasteiger charge is 2.29. The van der Waals surface area contributed by atoms with Crippen molar-refractivity contribution in [2.24, 2.45) is 0 Å². The second kappa shape index (κ2) is 5.44. The molecule has 1 aliphatic rings. The van der Waals surface area contributed by atoms with E-state index in [9.17, 15) is 5.11 Å². The zero-order valence-electron chi connectivity index (χ0n) is 10.0. The van der Waals surface area contributed by atoms with E-state index < -0.39 is 0 Å². The summed E-state index contributed by atoms with van der Waals surface area (Å²) >= 11 is 0. The molecular weight excluding hydrogens is 198 g/mol. The van der Waals surface area contributed by atoms with Crippen LogP contribution in [0.5, 0.6) is 0 Å². The zero-order valence-corrected chi connectivity index (χ0v) is 10.0. The second-order valence-electron chi connectivity index (χ2n) is 4.76. The number of unbranched alkanes of at least 4 members (excludes halogenated alkanes) is 2. The van der Waals surface area contributed by atoms with Crippen molar-refractivity contribution in [2.45, 2.75) is 57.5 Å². The van der Waals surface area contributed by atoms with E-state index in [-0.39, 0.29) is 12.0 Å². The minimum absolute atomic E-state index is 0.192. The summed E-state index contributed by atoms with van der Waals surface area (Å²) in [7, 11) is 0. The number of aryl methyl sites for hydroxylation is 1. The third-order valence-corrected chi connectivity index (χ3v) is 3.57. The van der Waals surface area contributed by atoms with Gasteiger partial charge in [-0.25, -0.2) is 0 Å². The van der Waals surface area contributed by atoms with Crippen molar-refractivity contribution in [2.75, 3.05) is 0 Å². The summed E-state index contributed by atoms with van der Waals surface area (Å²) < 4.78 is 0. The van der Waals surface area contributed by atoms with Crippen molar-refractivity contribution in [1.82, 2.24) is 4.98 Å². The Bertz CT molecular complexity index is 337. The molecular formula is C14H21NO. The van der Waals surface area contributed by atoms with Crippen LogP contribution in [0.15, 0.2) is 18.3 Å². The number of rotatable bonds is 5. The van der Waals surface area contributed by atoms with Crippen LogP contribution in [0.2, 0.25) is 0 Å². The van der Waals surface area contributed by atoms with Crippen LogP contribution < -0.4 is 0 Å². The van der Waals surface area contributed by atoms with E-state index in [1.807, 2.05) is 12.3 Å². The van der Waals surface area contributed by atoms with Gasteiger partial charge in [0.2, 0.25) is 0 Å². The third-order valence-electron chi connectivity index (χ3n) is 3.57. The number of pyridine rings is 1. The second-order valence-corrected chi connectivity index (χ2v) is 4.76. The van der Waals surface area contributed by atoms with Crippen LogP contribution in [0.4, 0.5) is 0 Å². The summed E-state index contributed by atoms with van der Waals surface area (Å²) in [6, 6.07) is 4.13. The van der Waals surface area contributed by atoms with Crippen molar-refractivity contribution in [3.63, 3.8) is 0 Å². The lowest BCUT2D eigenvalue weighted by Crippen LogP contribution is -2.17. The van der Waals surface area contributed by atoms with E-state index in [0.29, 0.717) is 0 Å². The third kappa shape index (κ3) is 2.43. The molecule has 0 aliphatic heterocycles. The molecule has 16 heavy (non-hydrogen) atoms. The molecule has 2 unspecified atom stereocenters. The van der Waals surface area contributed by atoms with Gasteiger partial charge in [-0.1, -0.05) is 32.3 Å². The van der Waals surface area contributed by atoms with Gasteiger partial charge < -0.3 is 5.11 Å². The minimum Gasteiger partial charge on any atom is -0.392 e. The maximum Gasteiger partial charge on any atom is 0.0624 e. The Morgan fingerprint density at radius 2 is 2.38 bits per heavy atom. The smallest absolute Gasteiger partial charge is 0.0624 e. The zero-order chi connectivity index (χ0) is 11.4. The molecule has 0 saturated heterocycles. The molecule has 88 valence electrons. The molecule has 0 fully saturated rings. The first-order valence-electron chi connectivity index (χ1n) is 6.44. The van der Waals surface area contributed by atoms with E-state index in [0.717, 1.165) is 31.4 Å². The summed E-state index contributed by atoms with van der Waals surface area (Å²) in [6.45, 7) is 2.19. The number of aliphatic hydroxyl groups excluding tert-OH is 1. The maximum absolute atomic E-state index is 10.2. The van der Waals surface area contributed by atoms with Crippen LogP contribution in [0.3, 0.4) is 0 Å². The van der Waals surface area contributed by atoms with E-state index in [1.165, 1.54) is 18.4 Å². The quantitative estimate of drug-likeness (QED) is 0.772. The van der Waals surface area contributed by atoms with Crippen molar-refractivity contribution in [1.29, 1.82) is 0 Å². The maximum atomic E-state index is 10.2. The molecule has 1 aliphatic carbocycles. The molecule has 1 aromatic heterocycles. The summed E-state index contributed by atoms with van der Waals surface area (Å²) in [5.74, 6) is 0.285. The van der Waals surface area contributed by atoms with Gasteiger partial charge in [-0.05, 0) is 30.9 Å². The van der Waals surface area contributed by atoms with Crippen molar-refractivity contribution in [3.8, 4) is 0 Å². The minimum atomic E-state index is -0.192. The Balaban J connectivity index is 1.96. The molecule has 2 atom stereocenters. The number of aromatic nitrogens is 1. The highest BCUT2D eigenvalue weighted by molar-refractivity contribution is 5.29. The van der Waals surface area contributed by atoms with Gasteiger partial charge in [-0.3, -0.25) is 4.98 Å². The normalized spacial score (nSPS) is 20.8. The molecule has 1 aromatic rings. The fourth-order valence-corrected chi connectivity index (χ4v) is 2.62. The number of fused-ring (bicyclic) bond motifs is 1. The predicted molar refractivity (Wildman–Crippen MR) is 65.4 cm³/mol. The van der Waals surface area contributed by atoms with Crippen LogP contribution in [0.1, 0.15) is 56.2 Å². The Labute approximate surface area is 97.7 Å². The average Bonchev–Trinajstić information content (AvgIpc) is 2.73. The summed E-state index contributed by atoms with van der Waals surface area (Å²) in [5.41, 5.74) is 2.48. The van der Waals surface area contributed by atoms with Gasteiger partial charge in [0, 0.05) is 17.8 Å². The van der Waals surface area contributed by atoms with Crippen LogP contribution in [-0.4, -0.2) is 16.2 Å².